The summed E-state index contributed by atoms with van der Waals surface area (Å²) in [6.45, 7) is 13.6. The van der Waals surface area contributed by atoms with Gasteiger partial charge in [-0.15, -0.1) is 0 Å². The Morgan fingerprint density at radius 2 is 1.77 bits per heavy atom. The summed E-state index contributed by atoms with van der Waals surface area (Å²) in [5, 5.41) is 24.7. The van der Waals surface area contributed by atoms with E-state index in [0.29, 0.717) is 40.2 Å². The van der Waals surface area contributed by atoms with Crippen LogP contribution in [0.5, 0.6) is 0 Å². The Labute approximate surface area is 274 Å². The topological polar surface area (TPSA) is 142 Å². The van der Waals surface area contributed by atoms with Gasteiger partial charge in [0.15, 0.2) is 0 Å². The molecule has 3 atom stereocenters. The number of carbonyl (C=O) groups excluding carboxylic acids is 2. The molecule has 0 aromatic carbocycles. The Bertz CT molecular complexity index is 1870. The molecule has 244 valence electrons. The minimum absolute atomic E-state index is 0.121. The van der Waals surface area contributed by atoms with Gasteiger partial charge in [-0.25, -0.2) is 15.0 Å². The molecule has 1 aliphatic carbocycles. The van der Waals surface area contributed by atoms with Crippen LogP contribution in [0, 0.1) is 17.8 Å². The molecule has 8 bridgehead atoms. The number of aliphatic hydroxyl groups is 2. The summed E-state index contributed by atoms with van der Waals surface area (Å²) in [6.07, 6.45) is 9.10. The number of fused-ring (bicyclic) bond motifs is 5. The van der Waals surface area contributed by atoms with E-state index >= 15 is 0 Å². The van der Waals surface area contributed by atoms with Crippen LogP contribution in [0.15, 0.2) is 119 Å². The molecule has 6 aliphatic rings. The number of esters is 2. The van der Waals surface area contributed by atoms with Crippen LogP contribution in [0.25, 0.3) is 0 Å². The summed E-state index contributed by atoms with van der Waals surface area (Å²) in [6, 6.07) is 0. The van der Waals surface area contributed by atoms with Crippen molar-refractivity contribution in [3.63, 3.8) is 0 Å². The standard InChI is InChI=1S/C37H40N4O6/c1-8-21-17(3)24-14-26-19(5)23(10-11-30(43)46-7)34(40-26)32-33(37(45)47-13-12-42)36(44)31-20(6)27(41-35(31)32)16-29-22(9-2)18(4)25(39-29)15-28(21)38-24/h8,14-16,19,23,33,40,42,44H,1,9-13H2,2-7H3/t19-,23-,33-/m0/s1. The van der Waals surface area contributed by atoms with Crippen LogP contribution >= 0.6 is 0 Å². The van der Waals surface area contributed by atoms with Crippen molar-refractivity contribution >= 4 is 29.1 Å². The molecule has 5 aliphatic heterocycles. The Balaban J connectivity index is 1.64. The van der Waals surface area contributed by atoms with Crippen LogP contribution < -0.4 is 5.32 Å². The van der Waals surface area contributed by atoms with Crippen LogP contribution in [-0.4, -0.2) is 59.6 Å². The van der Waals surface area contributed by atoms with Crippen LogP contribution in [0.4, 0.5) is 0 Å². The molecule has 47 heavy (non-hydrogen) atoms. The number of ether oxygens (including phenoxy) is 2. The fourth-order valence-electron chi connectivity index (χ4n) is 7.26. The van der Waals surface area contributed by atoms with Crippen molar-refractivity contribution in [2.75, 3.05) is 20.3 Å². The molecule has 0 aromatic heterocycles. The third kappa shape index (κ3) is 5.20. The molecule has 0 unspecified atom stereocenters. The number of nitrogens with zero attached hydrogens (tertiary/aromatic N) is 3. The van der Waals surface area contributed by atoms with Gasteiger partial charge in [0.1, 0.15) is 18.3 Å². The van der Waals surface area contributed by atoms with Crippen LogP contribution in [-0.2, 0) is 19.1 Å². The van der Waals surface area contributed by atoms with E-state index in [0.717, 1.165) is 57.2 Å². The van der Waals surface area contributed by atoms with Crippen molar-refractivity contribution in [3.8, 4) is 0 Å². The van der Waals surface area contributed by atoms with Gasteiger partial charge in [0.05, 0.1) is 47.9 Å². The lowest BCUT2D eigenvalue weighted by molar-refractivity contribution is -0.147. The molecule has 10 heteroatoms. The fraction of sp³-hybridized carbons (Fsp3) is 0.378. The van der Waals surface area contributed by atoms with Gasteiger partial charge in [-0.3, -0.25) is 9.59 Å². The molecule has 0 aromatic rings. The zero-order chi connectivity index (χ0) is 33.7. The molecule has 0 radical (unpaired) electrons. The maximum atomic E-state index is 13.6. The smallest absolute Gasteiger partial charge is 0.321 e. The highest BCUT2D eigenvalue weighted by atomic mass is 16.5. The molecule has 0 spiro atoms. The van der Waals surface area contributed by atoms with Crippen LogP contribution in [0.3, 0.4) is 0 Å². The molecule has 1 saturated heterocycles. The third-order valence-corrected chi connectivity index (χ3v) is 9.88. The lowest BCUT2D eigenvalue weighted by Crippen LogP contribution is -2.26. The number of methoxy groups -OCH3 is 1. The van der Waals surface area contributed by atoms with Crippen molar-refractivity contribution in [2.24, 2.45) is 32.7 Å². The number of nitrogens with one attached hydrogen (secondary N) is 1. The van der Waals surface area contributed by atoms with Crippen molar-refractivity contribution < 1.29 is 29.3 Å². The van der Waals surface area contributed by atoms with Crippen LogP contribution in [0.2, 0.25) is 0 Å². The van der Waals surface area contributed by atoms with Gasteiger partial charge in [-0.2, -0.15) is 0 Å². The lowest BCUT2D eigenvalue weighted by Gasteiger charge is -2.20. The second-order valence-electron chi connectivity index (χ2n) is 12.4. The zero-order valence-corrected chi connectivity index (χ0v) is 27.7. The molecule has 10 nitrogen and oxygen atoms in total. The van der Waals surface area contributed by atoms with E-state index in [9.17, 15) is 19.8 Å². The molecule has 5 heterocycles. The average molecular weight is 637 g/mol. The molecule has 1 fully saturated rings. The normalized spacial score (nSPS) is 24.7. The highest BCUT2D eigenvalue weighted by molar-refractivity contribution is 6.24. The van der Waals surface area contributed by atoms with Gasteiger partial charge in [0, 0.05) is 46.4 Å². The number of aliphatic imine (C=N–C) groups is 3. The van der Waals surface area contributed by atoms with Crippen LogP contribution in [0.1, 0.15) is 53.9 Å². The summed E-state index contributed by atoms with van der Waals surface area (Å²) < 4.78 is 10.4. The largest absolute Gasteiger partial charge is 0.510 e. The molecule has 6 rings (SSSR count). The van der Waals surface area contributed by atoms with Crippen molar-refractivity contribution in [2.45, 2.75) is 53.9 Å². The quantitative estimate of drug-likeness (QED) is 0.296. The average Bonchev–Trinajstić information content (AvgIpc) is 3.79. The lowest BCUT2D eigenvalue weighted by atomic mass is 9.84. The highest BCUT2D eigenvalue weighted by Crippen LogP contribution is 2.49. The Morgan fingerprint density at radius 1 is 1.04 bits per heavy atom. The van der Waals surface area contributed by atoms with Gasteiger partial charge < -0.3 is 25.0 Å². The van der Waals surface area contributed by atoms with Crippen molar-refractivity contribution in [1.29, 1.82) is 0 Å². The minimum atomic E-state index is -1.16. The minimum Gasteiger partial charge on any atom is -0.510 e. The summed E-state index contributed by atoms with van der Waals surface area (Å²) in [7, 11) is 1.36. The SMILES string of the molecule is C=CC1=C(C)C2=NC1=CC1=NC(=CC3=C(C)C4=C(O)[C@@H](C(=O)OCCO)C(=C5NC(=C2)[C@@H](C)[C@@H]5CCC(=O)OC)C4=N3)C(CC)=C1C. The maximum absolute atomic E-state index is 13.6. The second kappa shape index (κ2) is 12.4. The Hall–Kier alpha value is -4.83. The summed E-state index contributed by atoms with van der Waals surface area (Å²) >= 11 is 0. The van der Waals surface area contributed by atoms with E-state index < -0.39 is 11.9 Å². The summed E-state index contributed by atoms with van der Waals surface area (Å²) in [5.74, 6) is -2.72. The number of rotatable bonds is 8. The number of hydrogen-bond acceptors (Lipinski definition) is 10. The molecular weight excluding hydrogens is 596 g/mol. The predicted octanol–water partition coefficient (Wildman–Crippen LogP) is 5.56. The van der Waals surface area contributed by atoms with Gasteiger partial charge in [-0.05, 0) is 74.1 Å². The highest BCUT2D eigenvalue weighted by Gasteiger charge is 2.49. The van der Waals surface area contributed by atoms with Gasteiger partial charge >= 0.3 is 11.9 Å². The van der Waals surface area contributed by atoms with E-state index in [2.05, 4.69) is 32.7 Å². The zero-order valence-electron chi connectivity index (χ0n) is 27.7. The van der Waals surface area contributed by atoms with Gasteiger partial charge in [-0.1, -0.05) is 26.5 Å². The van der Waals surface area contributed by atoms with Gasteiger partial charge in [0.25, 0.3) is 0 Å². The maximum Gasteiger partial charge on any atom is 0.321 e. The predicted molar refractivity (Wildman–Crippen MR) is 180 cm³/mol. The monoisotopic (exact) mass is 636 g/mol. The van der Waals surface area contributed by atoms with E-state index in [-0.39, 0.29) is 43.2 Å². The second-order valence-corrected chi connectivity index (χ2v) is 12.4. The Morgan fingerprint density at radius 3 is 2.45 bits per heavy atom. The third-order valence-electron chi connectivity index (χ3n) is 9.88. The number of hydrogen-bond donors (Lipinski definition) is 3. The van der Waals surface area contributed by atoms with Crippen molar-refractivity contribution in [3.05, 3.63) is 104 Å². The van der Waals surface area contributed by atoms with E-state index in [4.69, 9.17) is 24.5 Å². The fourth-order valence-corrected chi connectivity index (χ4v) is 7.26. The summed E-state index contributed by atoms with van der Waals surface area (Å²) in [4.78, 5) is 41.0. The number of carbonyl (C=O) groups is 2. The van der Waals surface area contributed by atoms with E-state index in [1.54, 1.807) is 0 Å². The first-order chi connectivity index (χ1) is 22.5. The molecular formula is C37H40N4O6. The molecule has 0 amide bonds. The molecule has 3 N–H and O–H groups in total. The Kier molecular flexibility index (Phi) is 8.48. The number of aliphatic hydroxyl groups excluding tert-OH is 2. The summed E-state index contributed by atoms with van der Waals surface area (Å²) in [5.41, 5.74) is 11.5. The number of allylic oxidation sites excluding steroid dienone is 11. The van der Waals surface area contributed by atoms with E-state index in [1.165, 1.54) is 7.11 Å². The molecule has 0 saturated carbocycles. The first kappa shape index (κ1) is 32.1. The van der Waals surface area contributed by atoms with E-state index in [1.807, 2.05) is 38.2 Å². The first-order valence-corrected chi connectivity index (χ1v) is 16.0. The van der Waals surface area contributed by atoms with Crippen molar-refractivity contribution in [1.82, 2.24) is 5.32 Å². The first-order valence-electron chi connectivity index (χ1n) is 16.0. The van der Waals surface area contributed by atoms with Gasteiger partial charge in [0.2, 0.25) is 0 Å².